The van der Waals surface area contributed by atoms with Gasteiger partial charge in [-0.2, -0.15) is 0 Å². The largest absolute Gasteiger partial charge is 0.463 e. The maximum Gasteiger partial charge on any atom is 0.303 e. The number of ether oxygens (including phenoxy) is 6. The van der Waals surface area contributed by atoms with Crippen molar-refractivity contribution in [2.24, 2.45) is 5.92 Å². The monoisotopic (exact) mass is 500 g/mol. The average molecular weight is 501 g/mol. The molecule has 0 aromatic heterocycles. The molecule has 6 atom stereocenters. The van der Waals surface area contributed by atoms with Crippen LogP contribution >= 0.6 is 0 Å². The molecule has 200 valence electrons. The standard InChI is InChI=1S/C25H40O10/c1-8-9-10-11-12-13-20(15(2)3)34-25-24(33-19(7)29)23(32-18(6)28)22(31-17(5)27)21(35-25)14-30-16(4)26/h8,15,20-25H,1,9-14H2,2-7H3/t20-,21+,22+,23-,24+,25+/m0/s1. The molecule has 0 N–H and O–H groups in total. The third-order valence-corrected chi connectivity index (χ3v) is 5.40. The molecule has 0 radical (unpaired) electrons. The molecule has 0 spiro atoms. The first-order valence-corrected chi connectivity index (χ1v) is 12.0. The summed E-state index contributed by atoms with van der Waals surface area (Å²) < 4.78 is 33.7. The topological polar surface area (TPSA) is 124 Å². The van der Waals surface area contributed by atoms with Crippen molar-refractivity contribution >= 4 is 23.9 Å². The highest BCUT2D eigenvalue weighted by molar-refractivity contribution is 5.68. The molecule has 0 bridgehead atoms. The van der Waals surface area contributed by atoms with E-state index in [0.29, 0.717) is 0 Å². The van der Waals surface area contributed by atoms with Gasteiger partial charge in [-0.25, -0.2) is 0 Å². The van der Waals surface area contributed by atoms with Crippen LogP contribution in [0.2, 0.25) is 0 Å². The zero-order chi connectivity index (χ0) is 26.5. The van der Waals surface area contributed by atoms with Gasteiger partial charge in [0, 0.05) is 27.7 Å². The molecule has 0 unspecified atom stereocenters. The number of carbonyl (C=O) groups excluding carboxylic acids is 4. The summed E-state index contributed by atoms with van der Waals surface area (Å²) in [6, 6.07) is 0. The summed E-state index contributed by atoms with van der Waals surface area (Å²) in [5.74, 6) is -2.49. The van der Waals surface area contributed by atoms with Crippen molar-refractivity contribution in [2.45, 2.75) is 110 Å². The van der Waals surface area contributed by atoms with Gasteiger partial charge in [-0.3, -0.25) is 19.2 Å². The second-order valence-corrected chi connectivity index (χ2v) is 8.91. The van der Waals surface area contributed by atoms with Gasteiger partial charge in [0.1, 0.15) is 12.7 Å². The highest BCUT2D eigenvalue weighted by Gasteiger charge is 2.53. The van der Waals surface area contributed by atoms with Crippen LogP contribution in [0.3, 0.4) is 0 Å². The maximum absolute atomic E-state index is 11.9. The van der Waals surface area contributed by atoms with Crippen molar-refractivity contribution in [2.75, 3.05) is 6.61 Å². The lowest BCUT2D eigenvalue weighted by molar-refractivity contribution is -0.320. The number of hydrogen-bond donors (Lipinski definition) is 0. The van der Waals surface area contributed by atoms with Gasteiger partial charge >= 0.3 is 23.9 Å². The van der Waals surface area contributed by atoms with Crippen LogP contribution in [0.1, 0.15) is 73.6 Å². The van der Waals surface area contributed by atoms with Crippen LogP contribution < -0.4 is 0 Å². The summed E-state index contributed by atoms with van der Waals surface area (Å²) in [4.78, 5) is 47.2. The minimum Gasteiger partial charge on any atom is -0.463 e. The minimum absolute atomic E-state index is 0.0984. The van der Waals surface area contributed by atoms with Gasteiger partial charge in [-0.05, 0) is 25.2 Å². The Balaban J connectivity index is 3.25. The first-order chi connectivity index (χ1) is 16.5. The number of hydrogen-bond acceptors (Lipinski definition) is 10. The minimum atomic E-state index is -1.24. The Morgan fingerprint density at radius 3 is 1.91 bits per heavy atom. The van der Waals surface area contributed by atoms with Gasteiger partial charge in [0.25, 0.3) is 0 Å². The molecule has 0 saturated carbocycles. The lowest BCUT2D eigenvalue weighted by Gasteiger charge is -2.45. The molecule has 0 amide bonds. The second kappa shape index (κ2) is 15.5. The van der Waals surface area contributed by atoms with Gasteiger partial charge in [-0.1, -0.05) is 32.8 Å². The van der Waals surface area contributed by atoms with Gasteiger partial charge < -0.3 is 28.4 Å². The Hall–Kier alpha value is -2.46. The van der Waals surface area contributed by atoms with E-state index in [1.807, 2.05) is 19.9 Å². The fraction of sp³-hybridized carbons (Fsp3) is 0.760. The summed E-state index contributed by atoms with van der Waals surface area (Å²) in [7, 11) is 0. The average Bonchev–Trinajstić information content (AvgIpc) is 2.74. The Bertz CT molecular complexity index is 719. The van der Waals surface area contributed by atoms with E-state index in [-0.39, 0.29) is 18.6 Å². The van der Waals surface area contributed by atoms with E-state index in [4.69, 9.17) is 28.4 Å². The van der Waals surface area contributed by atoms with Gasteiger partial charge in [-0.15, -0.1) is 6.58 Å². The van der Waals surface area contributed by atoms with E-state index in [1.165, 1.54) is 27.7 Å². The van der Waals surface area contributed by atoms with Crippen LogP contribution in [0.4, 0.5) is 0 Å². The zero-order valence-corrected chi connectivity index (χ0v) is 21.7. The summed E-state index contributed by atoms with van der Waals surface area (Å²) in [5.41, 5.74) is 0. The van der Waals surface area contributed by atoms with Crippen molar-refractivity contribution in [1.29, 1.82) is 0 Å². The van der Waals surface area contributed by atoms with E-state index >= 15 is 0 Å². The van der Waals surface area contributed by atoms with E-state index in [9.17, 15) is 19.2 Å². The molecule has 1 aliphatic heterocycles. The van der Waals surface area contributed by atoms with E-state index in [0.717, 1.165) is 32.1 Å². The third kappa shape index (κ3) is 11.2. The number of unbranched alkanes of at least 4 members (excludes halogenated alkanes) is 3. The van der Waals surface area contributed by atoms with Gasteiger partial charge in [0.05, 0.1) is 6.10 Å². The quantitative estimate of drug-likeness (QED) is 0.152. The normalized spacial score (nSPS) is 24.8. The SMILES string of the molecule is C=CCCCCC[C@H](O[C@@H]1O[C@H](COC(C)=O)[C@@H](OC(C)=O)[C@H](OC(C)=O)[C@H]1OC(C)=O)C(C)C. The van der Waals surface area contributed by atoms with E-state index < -0.39 is 54.6 Å². The van der Waals surface area contributed by atoms with Gasteiger partial charge in [0.2, 0.25) is 0 Å². The predicted molar refractivity (Wildman–Crippen MR) is 125 cm³/mol. The molecule has 0 aliphatic carbocycles. The molecule has 0 aromatic carbocycles. The third-order valence-electron chi connectivity index (χ3n) is 5.40. The Morgan fingerprint density at radius 1 is 0.829 bits per heavy atom. The van der Waals surface area contributed by atoms with Crippen molar-refractivity contribution in [3.8, 4) is 0 Å². The molecule has 35 heavy (non-hydrogen) atoms. The molecule has 1 saturated heterocycles. The lowest BCUT2D eigenvalue weighted by atomic mass is 9.96. The van der Waals surface area contributed by atoms with Crippen LogP contribution in [-0.2, 0) is 47.6 Å². The predicted octanol–water partition coefficient (Wildman–Crippen LogP) is 3.25. The van der Waals surface area contributed by atoms with Crippen molar-refractivity contribution < 1.29 is 47.6 Å². The van der Waals surface area contributed by atoms with E-state index in [1.54, 1.807) is 0 Å². The van der Waals surface area contributed by atoms with Crippen LogP contribution in [-0.4, -0.2) is 67.3 Å². The zero-order valence-electron chi connectivity index (χ0n) is 21.7. The Labute approximate surface area is 207 Å². The Morgan fingerprint density at radius 2 is 1.40 bits per heavy atom. The first kappa shape index (κ1) is 30.6. The lowest BCUT2D eigenvalue weighted by Crippen LogP contribution is -2.63. The van der Waals surface area contributed by atoms with Crippen molar-refractivity contribution in [3.63, 3.8) is 0 Å². The Kier molecular flexibility index (Phi) is 13.6. The number of esters is 4. The highest BCUT2D eigenvalue weighted by atomic mass is 16.7. The fourth-order valence-electron chi connectivity index (χ4n) is 3.84. The molecule has 1 heterocycles. The number of rotatable bonds is 14. The molecule has 1 fully saturated rings. The summed E-state index contributed by atoms with van der Waals surface area (Å²) >= 11 is 0. The van der Waals surface area contributed by atoms with Crippen LogP contribution in [0.15, 0.2) is 12.7 Å². The first-order valence-electron chi connectivity index (χ1n) is 12.0. The van der Waals surface area contributed by atoms with Crippen molar-refractivity contribution in [1.82, 2.24) is 0 Å². The van der Waals surface area contributed by atoms with Gasteiger partial charge in [0.15, 0.2) is 24.6 Å². The smallest absolute Gasteiger partial charge is 0.303 e. The molecular weight excluding hydrogens is 460 g/mol. The molecule has 10 nitrogen and oxygen atoms in total. The maximum atomic E-state index is 11.9. The molecule has 1 rings (SSSR count). The number of carbonyl (C=O) groups is 4. The molecule has 10 heteroatoms. The van der Waals surface area contributed by atoms with Crippen LogP contribution in [0, 0.1) is 5.92 Å². The summed E-state index contributed by atoms with van der Waals surface area (Å²) in [6.07, 6.45) is 0.377. The van der Waals surface area contributed by atoms with Crippen LogP contribution in [0.25, 0.3) is 0 Å². The molecule has 1 aliphatic rings. The molecular formula is C25H40O10. The van der Waals surface area contributed by atoms with Crippen molar-refractivity contribution in [3.05, 3.63) is 12.7 Å². The van der Waals surface area contributed by atoms with E-state index in [2.05, 4.69) is 6.58 Å². The summed E-state index contributed by atoms with van der Waals surface area (Å²) in [5, 5.41) is 0. The fourth-order valence-corrected chi connectivity index (χ4v) is 3.84. The number of allylic oxidation sites excluding steroid dienone is 1. The van der Waals surface area contributed by atoms with Crippen LogP contribution in [0.5, 0.6) is 0 Å². The highest BCUT2D eigenvalue weighted by Crippen LogP contribution is 2.32. The molecule has 0 aromatic rings. The second-order valence-electron chi connectivity index (χ2n) is 8.91. The summed E-state index contributed by atoms with van der Waals surface area (Å²) in [6.45, 7) is 12.2.